The van der Waals surface area contributed by atoms with Crippen molar-refractivity contribution < 1.29 is 27.5 Å². The minimum absolute atomic E-state index is 0.0247. The van der Waals surface area contributed by atoms with E-state index in [4.69, 9.17) is 9.47 Å². The topological polar surface area (TPSA) is 90.0 Å². The van der Waals surface area contributed by atoms with Gasteiger partial charge in [-0.25, -0.2) is 18.0 Å². The Balaban J connectivity index is 2.30. The van der Waals surface area contributed by atoms with E-state index in [1.54, 1.807) is 39.0 Å². The number of esters is 1. The van der Waals surface area contributed by atoms with Gasteiger partial charge in [0.05, 0.1) is 17.3 Å². The minimum atomic E-state index is -3.68. The van der Waals surface area contributed by atoms with E-state index in [-0.39, 0.29) is 17.9 Å². The smallest absolute Gasteiger partial charge is 0.411 e. The summed E-state index contributed by atoms with van der Waals surface area (Å²) in [7, 11) is -2.48. The molecule has 1 heterocycles. The second-order valence-electron chi connectivity index (χ2n) is 6.89. The summed E-state index contributed by atoms with van der Waals surface area (Å²) in [6, 6.07) is 6.99. The maximum absolute atomic E-state index is 12.8. The number of rotatable bonds is 3. The molecule has 1 saturated heterocycles. The van der Waals surface area contributed by atoms with E-state index >= 15 is 0 Å². The molecule has 1 aromatic carbocycles. The van der Waals surface area contributed by atoms with Crippen LogP contribution in [-0.4, -0.2) is 55.9 Å². The lowest BCUT2D eigenvalue weighted by Crippen LogP contribution is -2.44. The number of carbonyl (C=O) groups excluding carboxylic acids is 2. The molecule has 0 spiro atoms. The van der Waals surface area contributed by atoms with Gasteiger partial charge in [0.15, 0.2) is 9.84 Å². The van der Waals surface area contributed by atoms with Gasteiger partial charge in [-0.2, -0.15) is 0 Å². The molecule has 1 amide bonds. The minimum Gasteiger partial charge on any atom is -0.467 e. The first-order valence-corrected chi connectivity index (χ1v) is 9.47. The van der Waals surface area contributed by atoms with Crippen molar-refractivity contribution in [2.24, 2.45) is 0 Å². The molecular formula is C17H23NO6S. The summed E-state index contributed by atoms with van der Waals surface area (Å²) >= 11 is 0. The molecule has 0 radical (unpaired) electrons. The summed E-state index contributed by atoms with van der Waals surface area (Å²) in [5.74, 6) is -0.656. The molecule has 1 aromatic rings. The first kappa shape index (κ1) is 19.2. The summed E-state index contributed by atoms with van der Waals surface area (Å²) in [6.45, 7) is 4.98. The Morgan fingerprint density at radius 3 is 2.28 bits per heavy atom. The van der Waals surface area contributed by atoms with Crippen molar-refractivity contribution in [1.29, 1.82) is 0 Å². The average Bonchev–Trinajstić information content (AvgIpc) is 2.99. The monoisotopic (exact) mass is 369 g/mol. The first-order chi connectivity index (χ1) is 11.6. The molecule has 8 heteroatoms. The molecule has 2 atom stereocenters. The van der Waals surface area contributed by atoms with Crippen LogP contribution in [0.3, 0.4) is 0 Å². The zero-order valence-corrected chi connectivity index (χ0v) is 15.6. The van der Waals surface area contributed by atoms with E-state index in [1.807, 2.05) is 0 Å². The Hall–Kier alpha value is -2.09. The number of ether oxygens (including phenoxy) is 2. The number of hydrogen-bond acceptors (Lipinski definition) is 6. The van der Waals surface area contributed by atoms with Crippen molar-refractivity contribution in [1.82, 2.24) is 4.90 Å². The first-order valence-electron chi connectivity index (χ1n) is 7.92. The van der Waals surface area contributed by atoms with Crippen molar-refractivity contribution in [3.05, 3.63) is 30.3 Å². The Labute approximate surface area is 147 Å². The van der Waals surface area contributed by atoms with Crippen LogP contribution in [0.25, 0.3) is 0 Å². The molecule has 0 aliphatic carbocycles. The molecule has 1 aliphatic rings. The van der Waals surface area contributed by atoms with Gasteiger partial charge < -0.3 is 9.47 Å². The Kier molecular flexibility index (Phi) is 5.41. The number of benzene rings is 1. The fourth-order valence-corrected chi connectivity index (χ4v) is 4.42. The van der Waals surface area contributed by atoms with E-state index < -0.39 is 38.8 Å². The SMILES string of the molecule is COC(=O)[C@@H]1C[C@@H](S(=O)(=O)c2ccccc2)CN1C(=O)OC(C)(C)C. The van der Waals surface area contributed by atoms with Crippen LogP contribution in [0.2, 0.25) is 0 Å². The highest BCUT2D eigenvalue weighted by molar-refractivity contribution is 7.92. The van der Waals surface area contributed by atoms with Gasteiger partial charge in [0, 0.05) is 6.54 Å². The number of hydrogen-bond donors (Lipinski definition) is 0. The van der Waals surface area contributed by atoms with Gasteiger partial charge in [0.1, 0.15) is 11.6 Å². The van der Waals surface area contributed by atoms with Crippen LogP contribution in [-0.2, 0) is 24.1 Å². The third-order valence-electron chi connectivity index (χ3n) is 3.87. The van der Waals surface area contributed by atoms with Crippen LogP contribution in [0.15, 0.2) is 35.2 Å². The molecular weight excluding hydrogens is 346 g/mol. The maximum Gasteiger partial charge on any atom is 0.411 e. The molecule has 0 aromatic heterocycles. The Morgan fingerprint density at radius 1 is 1.16 bits per heavy atom. The summed E-state index contributed by atoms with van der Waals surface area (Å²) in [4.78, 5) is 25.7. The number of carbonyl (C=O) groups is 2. The second-order valence-corrected chi connectivity index (χ2v) is 9.12. The zero-order valence-electron chi connectivity index (χ0n) is 14.8. The largest absolute Gasteiger partial charge is 0.467 e. The molecule has 0 N–H and O–H groups in total. The summed E-state index contributed by atoms with van der Waals surface area (Å²) in [6.07, 6.45) is -0.753. The normalized spacial score (nSPS) is 21.0. The maximum atomic E-state index is 12.8. The number of nitrogens with zero attached hydrogens (tertiary/aromatic N) is 1. The van der Waals surface area contributed by atoms with Gasteiger partial charge in [-0.3, -0.25) is 4.90 Å². The van der Waals surface area contributed by atoms with Gasteiger partial charge in [-0.05, 0) is 39.3 Å². The highest BCUT2D eigenvalue weighted by atomic mass is 32.2. The fourth-order valence-electron chi connectivity index (χ4n) is 2.71. The van der Waals surface area contributed by atoms with Gasteiger partial charge in [-0.1, -0.05) is 18.2 Å². The van der Waals surface area contributed by atoms with Gasteiger partial charge in [0.2, 0.25) is 0 Å². The van der Waals surface area contributed by atoms with Crippen LogP contribution in [0.5, 0.6) is 0 Å². The Morgan fingerprint density at radius 2 is 1.76 bits per heavy atom. The molecule has 138 valence electrons. The molecule has 25 heavy (non-hydrogen) atoms. The van der Waals surface area contributed by atoms with Crippen molar-refractivity contribution >= 4 is 21.9 Å². The van der Waals surface area contributed by atoms with Crippen LogP contribution in [0.1, 0.15) is 27.2 Å². The van der Waals surface area contributed by atoms with Crippen molar-refractivity contribution in [3.8, 4) is 0 Å². The summed E-state index contributed by atoms with van der Waals surface area (Å²) < 4.78 is 35.7. The lowest BCUT2D eigenvalue weighted by molar-refractivity contribution is -0.145. The van der Waals surface area contributed by atoms with Crippen molar-refractivity contribution in [2.45, 2.75) is 49.0 Å². The van der Waals surface area contributed by atoms with Gasteiger partial charge >= 0.3 is 12.1 Å². The third kappa shape index (κ3) is 4.31. The highest BCUT2D eigenvalue weighted by Gasteiger charge is 2.47. The van der Waals surface area contributed by atoms with Crippen LogP contribution >= 0.6 is 0 Å². The lowest BCUT2D eigenvalue weighted by atomic mass is 10.2. The average molecular weight is 369 g/mol. The van der Waals surface area contributed by atoms with Crippen LogP contribution in [0.4, 0.5) is 4.79 Å². The standard InChI is InChI=1S/C17H23NO6S/c1-17(2,3)24-16(20)18-11-13(10-14(18)15(19)23-4)25(21,22)12-8-6-5-7-9-12/h5-9,13-14H,10-11H2,1-4H3/t13-,14+/m1/s1. The Bertz CT molecular complexity index is 738. The highest BCUT2D eigenvalue weighted by Crippen LogP contribution is 2.30. The van der Waals surface area contributed by atoms with E-state index in [2.05, 4.69) is 0 Å². The molecule has 0 unspecified atom stereocenters. The van der Waals surface area contributed by atoms with Gasteiger partial charge in [-0.15, -0.1) is 0 Å². The lowest BCUT2D eigenvalue weighted by Gasteiger charge is -2.27. The molecule has 0 saturated carbocycles. The van der Waals surface area contributed by atoms with E-state index in [0.29, 0.717) is 0 Å². The molecule has 7 nitrogen and oxygen atoms in total. The number of methoxy groups -OCH3 is 1. The van der Waals surface area contributed by atoms with Gasteiger partial charge in [0.25, 0.3) is 0 Å². The molecule has 1 aliphatic heterocycles. The molecule has 2 rings (SSSR count). The molecule has 1 fully saturated rings. The summed E-state index contributed by atoms with van der Waals surface area (Å²) in [5.41, 5.74) is -0.756. The predicted octanol–water partition coefficient (Wildman–Crippen LogP) is 2.01. The quantitative estimate of drug-likeness (QED) is 0.757. The van der Waals surface area contributed by atoms with Crippen LogP contribution in [0, 0.1) is 0 Å². The van der Waals surface area contributed by atoms with E-state index in [1.165, 1.54) is 19.2 Å². The van der Waals surface area contributed by atoms with Crippen molar-refractivity contribution in [2.75, 3.05) is 13.7 Å². The summed E-state index contributed by atoms with van der Waals surface area (Å²) in [5, 5.41) is -0.897. The number of amides is 1. The van der Waals surface area contributed by atoms with E-state index in [9.17, 15) is 18.0 Å². The number of likely N-dealkylation sites (tertiary alicyclic amines) is 1. The third-order valence-corrected chi connectivity index (χ3v) is 6.02. The van der Waals surface area contributed by atoms with E-state index in [0.717, 1.165) is 4.90 Å². The fraction of sp³-hybridized carbons (Fsp3) is 0.529. The second kappa shape index (κ2) is 7.03. The number of sulfone groups is 1. The van der Waals surface area contributed by atoms with Crippen LogP contribution < -0.4 is 0 Å². The zero-order chi connectivity index (χ0) is 18.8. The molecule has 0 bridgehead atoms. The predicted molar refractivity (Wildman–Crippen MR) is 90.8 cm³/mol. The van der Waals surface area contributed by atoms with Crippen molar-refractivity contribution in [3.63, 3.8) is 0 Å².